The predicted octanol–water partition coefficient (Wildman–Crippen LogP) is 2.98. The van der Waals surface area contributed by atoms with Gasteiger partial charge in [0.25, 0.3) is 0 Å². The van der Waals surface area contributed by atoms with Gasteiger partial charge in [-0.25, -0.2) is 0 Å². The summed E-state index contributed by atoms with van der Waals surface area (Å²) in [5.74, 6) is 0.717. The fourth-order valence-corrected chi connectivity index (χ4v) is 2.19. The van der Waals surface area contributed by atoms with E-state index in [0.717, 1.165) is 29.2 Å². The molecule has 0 spiro atoms. The van der Waals surface area contributed by atoms with E-state index in [9.17, 15) is 4.79 Å². The Labute approximate surface area is 110 Å². The number of nitriles is 1. The summed E-state index contributed by atoms with van der Waals surface area (Å²) >= 11 is 7.04. The molecule has 0 unspecified atom stereocenters. The zero-order valence-corrected chi connectivity index (χ0v) is 11.1. The maximum Gasteiger partial charge on any atom is 0.134 e. The SMILES string of the molecule is COc1cc(Cl)c(C[C@@H](C=O)SC#N)cc1C. The summed E-state index contributed by atoms with van der Waals surface area (Å²) in [6.07, 6.45) is 1.22. The van der Waals surface area contributed by atoms with Crippen molar-refractivity contribution in [2.75, 3.05) is 7.11 Å². The van der Waals surface area contributed by atoms with E-state index in [0.29, 0.717) is 17.2 Å². The van der Waals surface area contributed by atoms with Gasteiger partial charge in [0.2, 0.25) is 0 Å². The lowest BCUT2D eigenvalue weighted by Gasteiger charge is -2.11. The topological polar surface area (TPSA) is 50.1 Å². The van der Waals surface area contributed by atoms with Crippen molar-refractivity contribution in [3.05, 3.63) is 28.3 Å². The van der Waals surface area contributed by atoms with Crippen molar-refractivity contribution in [2.45, 2.75) is 18.6 Å². The number of halogens is 1. The first-order valence-corrected chi connectivity index (χ1v) is 6.21. The van der Waals surface area contributed by atoms with Crippen LogP contribution in [0, 0.1) is 17.6 Å². The molecule has 1 atom stereocenters. The van der Waals surface area contributed by atoms with Crippen molar-refractivity contribution < 1.29 is 9.53 Å². The summed E-state index contributed by atoms with van der Waals surface area (Å²) in [4.78, 5) is 10.8. The molecule has 1 aromatic rings. The molecule has 0 heterocycles. The van der Waals surface area contributed by atoms with Gasteiger partial charge in [0, 0.05) is 5.02 Å². The highest BCUT2D eigenvalue weighted by Gasteiger charge is 2.13. The molecule has 1 rings (SSSR count). The Bertz CT molecular complexity index is 457. The first-order valence-electron chi connectivity index (χ1n) is 4.95. The van der Waals surface area contributed by atoms with E-state index in [1.165, 1.54) is 0 Å². The van der Waals surface area contributed by atoms with Crippen LogP contribution in [-0.4, -0.2) is 18.6 Å². The van der Waals surface area contributed by atoms with Gasteiger partial charge in [0.05, 0.1) is 12.4 Å². The molecule has 0 aliphatic carbocycles. The Balaban J connectivity index is 2.95. The number of hydrogen-bond acceptors (Lipinski definition) is 4. The molecule has 0 amide bonds. The van der Waals surface area contributed by atoms with Gasteiger partial charge in [-0.15, -0.1) is 0 Å². The second kappa shape index (κ2) is 6.53. The molecule has 0 N–H and O–H groups in total. The lowest BCUT2D eigenvalue weighted by Crippen LogP contribution is -2.08. The molecular formula is C12H12ClNO2S. The van der Waals surface area contributed by atoms with Crippen molar-refractivity contribution in [1.29, 1.82) is 5.26 Å². The number of benzene rings is 1. The molecule has 90 valence electrons. The summed E-state index contributed by atoms with van der Waals surface area (Å²) in [5, 5.41) is 10.6. The van der Waals surface area contributed by atoms with Gasteiger partial charge < -0.3 is 9.53 Å². The van der Waals surface area contributed by atoms with E-state index in [2.05, 4.69) is 0 Å². The van der Waals surface area contributed by atoms with E-state index in [-0.39, 0.29) is 5.25 Å². The van der Waals surface area contributed by atoms with Gasteiger partial charge >= 0.3 is 0 Å². The molecule has 0 saturated carbocycles. The maximum absolute atomic E-state index is 10.8. The van der Waals surface area contributed by atoms with Gasteiger partial charge in [0.1, 0.15) is 17.4 Å². The van der Waals surface area contributed by atoms with Gasteiger partial charge in [0.15, 0.2) is 0 Å². The Kier molecular flexibility index (Phi) is 5.33. The molecular weight excluding hydrogens is 258 g/mol. The average Bonchev–Trinajstić information content (AvgIpc) is 2.32. The molecule has 0 aliphatic heterocycles. The smallest absolute Gasteiger partial charge is 0.134 e. The number of methoxy groups -OCH3 is 1. The number of carbonyl (C=O) groups is 1. The molecule has 5 heteroatoms. The Morgan fingerprint density at radius 2 is 2.35 bits per heavy atom. The van der Waals surface area contributed by atoms with Gasteiger partial charge in [-0.3, -0.25) is 0 Å². The van der Waals surface area contributed by atoms with Crippen LogP contribution in [0.3, 0.4) is 0 Å². The Hall–Kier alpha value is -1.18. The number of thioether (sulfide) groups is 1. The van der Waals surface area contributed by atoms with Crippen LogP contribution in [0.1, 0.15) is 11.1 Å². The van der Waals surface area contributed by atoms with E-state index >= 15 is 0 Å². The zero-order valence-electron chi connectivity index (χ0n) is 9.57. The highest BCUT2D eigenvalue weighted by Crippen LogP contribution is 2.28. The number of ether oxygens (including phenoxy) is 1. The predicted molar refractivity (Wildman–Crippen MR) is 69.5 cm³/mol. The van der Waals surface area contributed by atoms with Crippen LogP contribution in [0.4, 0.5) is 0 Å². The highest BCUT2D eigenvalue weighted by molar-refractivity contribution is 8.04. The lowest BCUT2D eigenvalue weighted by atomic mass is 10.1. The van der Waals surface area contributed by atoms with E-state index in [4.69, 9.17) is 21.6 Å². The number of aldehydes is 1. The number of rotatable bonds is 5. The van der Waals surface area contributed by atoms with Crippen molar-refractivity contribution in [1.82, 2.24) is 0 Å². The summed E-state index contributed by atoms with van der Waals surface area (Å²) in [5.41, 5.74) is 1.81. The van der Waals surface area contributed by atoms with Crippen LogP contribution in [0.5, 0.6) is 5.75 Å². The number of carbonyl (C=O) groups excluding carboxylic acids is 1. The minimum absolute atomic E-state index is 0.384. The maximum atomic E-state index is 10.8. The van der Waals surface area contributed by atoms with E-state index < -0.39 is 0 Å². The third-order valence-electron chi connectivity index (χ3n) is 2.34. The molecule has 0 saturated heterocycles. The van der Waals surface area contributed by atoms with Gasteiger partial charge in [-0.1, -0.05) is 17.7 Å². The third kappa shape index (κ3) is 3.65. The summed E-state index contributed by atoms with van der Waals surface area (Å²) < 4.78 is 5.15. The minimum atomic E-state index is -0.384. The second-order valence-corrected chi connectivity index (χ2v) is 4.93. The number of aryl methyl sites for hydroxylation is 1. The van der Waals surface area contributed by atoms with Crippen molar-refractivity contribution in [2.24, 2.45) is 0 Å². The lowest BCUT2D eigenvalue weighted by molar-refractivity contribution is -0.107. The van der Waals surface area contributed by atoms with Crippen LogP contribution in [0.2, 0.25) is 5.02 Å². The third-order valence-corrected chi connectivity index (χ3v) is 3.38. The van der Waals surface area contributed by atoms with Crippen LogP contribution in [0.25, 0.3) is 0 Å². The summed E-state index contributed by atoms with van der Waals surface area (Å²) in [6, 6.07) is 3.61. The molecule has 0 fully saturated rings. The summed E-state index contributed by atoms with van der Waals surface area (Å²) in [6.45, 7) is 1.91. The van der Waals surface area contributed by atoms with Crippen molar-refractivity contribution >= 4 is 29.6 Å². The average molecular weight is 270 g/mol. The summed E-state index contributed by atoms with van der Waals surface area (Å²) in [7, 11) is 1.58. The number of nitrogens with zero attached hydrogens (tertiary/aromatic N) is 1. The molecule has 17 heavy (non-hydrogen) atoms. The van der Waals surface area contributed by atoms with Crippen LogP contribution < -0.4 is 4.74 Å². The van der Waals surface area contributed by atoms with Crippen LogP contribution in [0.15, 0.2) is 12.1 Å². The zero-order chi connectivity index (χ0) is 12.8. The molecule has 0 aromatic heterocycles. The monoisotopic (exact) mass is 269 g/mol. The molecule has 0 radical (unpaired) electrons. The van der Waals surface area contributed by atoms with Gasteiger partial charge in [-0.05, 0) is 42.3 Å². The van der Waals surface area contributed by atoms with Crippen LogP contribution >= 0.6 is 23.4 Å². The van der Waals surface area contributed by atoms with Crippen molar-refractivity contribution in [3.8, 4) is 11.2 Å². The fraction of sp³-hybridized carbons (Fsp3) is 0.333. The Morgan fingerprint density at radius 3 is 2.88 bits per heavy atom. The molecule has 1 aromatic carbocycles. The normalized spacial score (nSPS) is 11.6. The first-order chi connectivity index (χ1) is 8.12. The highest BCUT2D eigenvalue weighted by atomic mass is 35.5. The quantitative estimate of drug-likeness (QED) is 0.609. The fourth-order valence-electron chi connectivity index (χ4n) is 1.50. The minimum Gasteiger partial charge on any atom is -0.496 e. The van der Waals surface area contributed by atoms with Gasteiger partial charge in [-0.2, -0.15) is 5.26 Å². The number of hydrogen-bond donors (Lipinski definition) is 0. The van der Waals surface area contributed by atoms with E-state index in [1.807, 2.05) is 18.4 Å². The molecule has 0 bridgehead atoms. The van der Waals surface area contributed by atoms with Crippen LogP contribution in [-0.2, 0) is 11.2 Å². The first kappa shape index (κ1) is 13.9. The van der Waals surface area contributed by atoms with E-state index in [1.54, 1.807) is 13.2 Å². The standard InChI is InChI=1S/C12H12ClNO2S/c1-8-3-9(4-10(6-15)17-7-14)11(13)5-12(8)16-2/h3,5-6,10H,4H2,1-2H3/t10-/m0/s1. The largest absolute Gasteiger partial charge is 0.496 e. The van der Waals surface area contributed by atoms with Crippen molar-refractivity contribution in [3.63, 3.8) is 0 Å². The second-order valence-electron chi connectivity index (χ2n) is 3.50. The number of thiocyanates is 1. The molecule has 3 nitrogen and oxygen atoms in total. The molecule has 0 aliphatic rings. The Morgan fingerprint density at radius 1 is 1.65 bits per heavy atom.